The van der Waals surface area contributed by atoms with E-state index in [2.05, 4.69) is 45.0 Å². The summed E-state index contributed by atoms with van der Waals surface area (Å²) in [5.74, 6) is -0.657. The molecule has 0 saturated carbocycles. The minimum Gasteiger partial charge on any atom is -0.346 e. The van der Waals surface area contributed by atoms with Gasteiger partial charge in [0.2, 0.25) is 0 Å². The highest BCUT2D eigenvalue weighted by atomic mass is 19.1. The lowest BCUT2D eigenvalue weighted by Gasteiger charge is -2.12. The molecular weight excluding hydrogens is 443 g/mol. The molecule has 0 aliphatic carbocycles. The number of nitrogens with one attached hydrogen (secondary N) is 1. The van der Waals surface area contributed by atoms with Gasteiger partial charge in [0.1, 0.15) is 5.82 Å². The predicted molar refractivity (Wildman–Crippen MR) is 130 cm³/mol. The molecule has 0 aliphatic heterocycles. The van der Waals surface area contributed by atoms with Crippen molar-refractivity contribution in [3.63, 3.8) is 0 Å². The molecule has 0 fully saturated rings. The molecule has 0 radical (unpaired) electrons. The fraction of sp³-hybridized carbons (Fsp3) is 0.111. The van der Waals surface area contributed by atoms with Gasteiger partial charge in [-0.2, -0.15) is 5.10 Å². The number of carbonyl (C=O) groups excluding carboxylic acids is 1. The molecule has 0 aliphatic rings. The molecule has 35 heavy (non-hydrogen) atoms. The Kier molecular flexibility index (Phi) is 6.17. The number of aromatic nitrogens is 5. The number of benzene rings is 3. The maximum atomic E-state index is 13.2. The summed E-state index contributed by atoms with van der Waals surface area (Å²) < 4.78 is 16.6. The predicted octanol–water partition coefficient (Wildman–Crippen LogP) is 4.56. The van der Waals surface area contributed by atoms with E-state index in [9.17, 15) is 9.18 Å². The Labute approximate surface area is 201 Å². The van der Waals surface area contributed by atoms with Crippen molar-refractivity contribution in [2.24, 2.45) is 0 Å². The van der Waals surface area contributed by atoms with Gasteiger partial charge in [-0.25, -0.2) is 9.07 Å². The zero-order chi connectivity index (χ0) is 24.2. The molecule has 7 nitrogen and oxygen atoms in total. The normalized spacial score (nSPS) is 10.9. The van der Waals surface area contributed by atoms with E-state index in [0.717, 1.165) is 22.3 Å². The molecule has 1 amide bonds. The Morgan fingerprint density at radius 2 is 1.74 bits per heavy atom. The second-order valence-electron chi connectivity index (χ2n) is 8.15. The second-order valence-corrected chi connectivity index (χ2v) is 8.15. The molecule has 0 atom stereocenters. The van der Waals surface area contributed by atoms with Gasteiger partial charge in [0.15, 0.2) is 5.69 Å². The molecule has 0 spiro atoms. The Balaban J connectivity index is 1.30. The summed E-state index contributed by atoms with van der Waals surface area (Å²) >= 11 is 0. The molecule has 2 aromatic heterocycles. The van der Waals surface area contributed by atoms with Crippen LogP contribution in [0.5, 0.6) is 0 Å². The van der Waals surface area contributed by atoms with Gasteiger partial charge in [-0.3, -0.25) is 9.48 Å². The molecule has 0 saturated heterocycles. The van der Waals surface area contributed by atoms with Crippen molar-refractivity contribution in [2.45, 2.75) is 20.0 Å². The van der Waals surface area contributed by atoms with E-state index in [4.69, 9.17) is 0 Å². The zero-order valence-corrected chi connectivity index (χ0v) is 19.1. The fourth-order valence-electron chi connectivity index (χ4n) is 3.95. The number of halogens is 1. The van der Waals surface area contributed by atoms with Crippen LogP contribution in [0.3, 0.4) is 0 Å². The van der Waals surface area contributed by atoms with Crippen LogP contribution in [0.2, 0.25) is 0 Å². The minimum atomic E-state index is -0.337. The van der Waals surface area contributed by atoms with Crippen molar-refractivity contribution in [1.82, 2.24) is 30.1 Å². The second kappa shape index (κ2) is 9.72. The largest absolute Gasteiger partial charge is 0.346 e. The number of hydrogen-bond donors (Lipinski definition) is 1. The number of amides is 1. The number of hydrogen-bond acceptors (Lipinski definition) is 4. The summed E-state index contributed by atoms with van der Waals surface area (Å²) in [7, 11) is 0. The molecule has 5 aromatic rings. The lowest BCUT2D eigenvalue weighted by Crippen LogP contribution is -2.24. The standard InChI is InChI=1S/C27H23FN6O/c1-19-26(31-32-34(19)24-13-11-23(28)12-14-24)27(35)29-17-22-5-2-3-6-25(22)21-9-7-20(8-10-21)18-33-16-4-15-30-33/h2-16H,17-18H2,1H3,(H,29,35). The molecule has 0 bridgehead atoms. The fourth-order valence-corrected chi connectivity index (χ4v) is 3.95. The van der Waals surface area contributed by atoms with Gasteiger partial charge in [-0.1, -0.05) is 53.7 Å². The number of nitrogens with zero attached hydrogens (tertiary/aromatic N) is 5. The molecule has 8 heteroatoms. The van der Waals surface area contributed by atoms with Crippen LogP contribution in [0.1, 0.15) is 27.3 Å². The third kappa shape index (κ3) is 4.86. The van der Waals surface area contributed by atoms with Gasteiger partial charge < -0.3 is 5.32 Å². The van der Waals surface area contributed by atoms with E-state index in [1.807, 2.05) is 41.2 Å². The van der Waals surface area contributed by atoms with Crippen LogP contribution < -0.4 is 5.32 Å². The topological polar surface area (TPSA) is 77.6 Å². The third-order valence-electron chi connectivity index (χ3n) is 5.81. The third-order valence-corrected chi connectivity index (χ3v) is 5.81. The molecular formula is C27H23FN6O. The zero-order valence-electron chi connectivity index (χ0n) is 19.1. The Morgan fingerprint density at radius 1 is 0.971 bits per heavy atom. The van der Waals surface area contributed by atoms with Crippen molar-refractivity contribution in [3.05, 3.63) is 120 Å². The minimum absolute atomic E-state index is 0.231. The van der Waals surface area contributed by atoms with Gasteiger partial charge >= 0.3 is 0 Å². The molecule has 1 N–H and O–H groups in total. The van der Waals surface area contributed by atoms with E-state index in [1.54, 1.807) is 25.3 Å². The highest BCUT2D eigenvalue weighted by Crippen LogP contribution is 2.24. The van der Waals surface area contributed by atoms with Gasteiger partial charge in [0.05, 0.1) is 17.9 Å². The highest BCUT2D eigenvalue weighted by Gasteiger charge is 2.18. The Bertz CT molecular complexity index is 1440. The number of carbonyl (C=O) groups is 1. The van der Waals surface area contributed by atoms with Crippen molar-refractivity contribution in [2.75, 3.05) is 0 Å². The van der Waals surface area contributed by atoms with Crippen molar-refractivity contribution < 1.29 is 9.18 Å². The lowest BCUT2D eigenvalue weighted by atomic mass is 9.98. The first-order chi connectivity index (χ1) is 17.1. The van der Waals surface area contributed by atoms with Crippen molar-refractivity contribution in [3.8, 4) is 16.8 Å². The first-order valence-electron chi connectivity index (χ1n) is 11.2. The van der Waals surface area contributed by atoms with Crippen LogP contribution in [0.4, 0.5) is 4.39 Å². The average molecular weight is 467 g/mol. The van der Waals surface area contributed by atoms with Gasteiger partial charge in [0, 0.05) is 18.9 Å². The van der Waals surface area contributed by atoms with E-state index in [0.29, 0.717) is 24.5 Å². The summed E-state index contributed by atoms with van der Waals surface area (Å²) in [6.45, 7) is 2.81. The van der Waals surface area contributed by atoms with Gasteiger partial charge in [-0.15, -0.1) is 5.10 Å². The summed E-state index contributed by atoms with van der Waals surface area (Å²) in [5, 5.41) is 15.3. The monoisotopic (exact) mass is 466 g/mol. The summed E-state index contributed by atoms with van der Waals surface area (Å²) in [4.78, 5) is 12.9. The quantitative estimate of drug-likeness (QED) is 0.382. The Hall–Kier alpha value is -4.59. The van der Waals surface area contributed by atoms with E-state index < -0.39 is 0 Å². The molecule has 0 unspecified atom stereocenters. The van der Waals surface area contributed by atoms with Gasteiger partial charge in [-0.05, 0) is 59.5 Å². The molecule has 5 rings (SSSR count). The van der Waals surface area contributed by atoms with Crippen molar-refractivity contribution >= 4 is 5.91 Å². The van der Waals surface area contributed by atoms with E-state index >= 15 is 0 Å². The first-order valence-corrected chi connectivity index (χ1v) is 11.2. The number of rotatable bonds is 7. The van der Waals surface area contributed by atoms with Crippen LogP contribution in [-0.4, -0.2) is 30.7 Å². The van der Waals surface area contributed by atoms with Gasteiger partial charge in [0.25, 0.3) is 5.91 Å². The maximum Gasteiger partial charge on any atom is 0.274 e. The smallest absolute Gasteiger partial charge is 0.274 e. The molecule has 174 valence electrons. The first kappa shape index (κ1) is 22.2. The van der Waals surface area contributed by atoms with E-state index in [1.165, 1.54) is 16.8 Å². The van der Waals surface area contributed by atoms with Crippen molar-refractivity contribution in [1.29, 1.82) is 0 Å². The summed E-state index contributed by atoms with van der Waals surface area (Å²) in [6.07, 6.45) is 3.70. The van der Waals surface area contributed by atoms with Crippen LogP contribution >= 0.6 is 0 Å². The van der Waals surface area contributed by atoms with Crippen LogP contribution in [0.25, 0.3) is 16.8 Å². The van der Waals surface area contributed by atoms with Crippen LogP contribution in [0, 0.1) is 12.7 Å². The SMILES string of the molecule is Cc1c(C(=O)NCc2ccccc2-c2ccc(Cn3cccn3)cc2)nnn1-c1ccc(F)cc1. The Morgan fingerprint density at radius 3 is 2.49 bits per heavy atom. The molecule has 2 heterocycles. The van der Waals surface area contributed by atoms with Crippen LogP contribution in [-0.2, 0) is 13.1 Å². The maximum absolute atomic E-state index is 13.2. The molecule has 3 aromatic carbocycles. The highest BCUT2D eigenvalue weighted by molar-refractivity contribution is 5.93. The lowest BCUT2D eigenvalue weighted by molar-refractivity contribution is 0.0945. The van der Waals surface area contributed by atoms with E-state index in [-0.39, 0.29) is 17.4 Å². The average Bonchev–Trinajstić information content (AvgIpc) is 3.53. The van der Waals surface area contributed by atoms with Crippen LogP contribution in [0.15, 0.2) is 91.3 Å². The summed E-state index contributed by atoms with van der Waals surface area (Å²) in [6, 6.07) is 24.1. The summed E-state index contributed by atoms with van der Waals surface area (Å²) in [5.41, 5.74) is 5.71.